The monoisotopic (exact) mass is 221 g/mol. The van der Waals surface area contributed by atoms with Crippen LogP contribution in [0, 0.1) is 0 Å². The van der Waals surface area contributed by atoms with Crippen LogP contribution in [0.5, 0.6) is 0 Å². The Kier molecular flexibility index (Phi) is 4.37. The minimum atomic E-state index is -4.58. The first kappa shape index (κ1) is 12.1. The van der Waals surface area contributed by atoms with E-state index in [0.29, 0.717) is 0 Å². The van der Waals surface area contributed by atoms with Gasteiger partial charge in [0.1, 0.15) is 5.03 Å². The van der Waals surface area contributed by atoms with E-state index < -0.39 is 22.3 Å². The lowest BCUT2D eigenvalue weighted by atomic mass is 10.2. The number of nitrogens with two attached hydrogens (primary N) is 1. The van der Waals surface area contributed by atoms with E-state index in [2.05, 4.69) is 0 Å². The van der Waals surface area contributed by atoms with Gasteiger partial charge in [-0.1, -0.05) is 23.2 Å². The Morgan fingerprint density at radius 3 is 2.08 bits per heavy atom. The Hall–Kier alpha value is 0.0700. The third kappa shape index (κ3) is 4.18. The fourth-order valence-electron chi connectivity index (χ4n) is 0.526. The van der Waals surface area contributed by atoms with Crippen molar-refractivity contribution in [1.29, 1.82) is 0 Å². The van der Waals surface area contributed by atoms with Crippen LogP contribution in [-0.4, -0.2) is 12.2 Å². The third-order valence-electron chi connectivity index (χ3n) is 0.988. The third-order valence-corrected chi connectivity index (χ3v) is 1.87. The molecule has 2 N–H and O–H groups in total. The van der Waals surface area contributed by atoms with Crippen LogP contribution in [0.4, 0.5) is 13.2 Å². The van der Waals surface area contributed by atoms with Crippen molar-refractivity contribution in [2.24, 2.45) is 5.73 Å². The fraction of sp³-hybridized carbons (Fsp3) is 0.667. The highest BCUT2D eigenvalue weighted by Gasteiger charge is 2.34. The van der Waals surface area contributed by atoms with Gasteiger partial charge in [-0.05, 0) is 13.3 Å². The van der Waals surface area contributed by atoms with E-state index in [9.17, 15) is 13.2 Å². The molecule has 72 valence electrons. The van der Waals surface area contributed by atoms with Gasteiger partial charge in [-0.25, -0.2) is 0 Å². The van der Waals surface area contributed by atoms with Gasteiger partial charge < -0.3 is 5.73 Å². The molecule has 1 unspecified atom stereocenters. The number of hydrogen-bond donors (Lipinski definition) is 1. The standard InChI is InChI=1S/C6H8Cl2F3N/c1-3(12)2-4(7)5(8)6(9,10)11/h3H,2,12H2,1H3/b5-4+. The first-order valence-electron chi connectivity index (χ1n) is 3.12. The molecule has 0 bridgehead atoms. The van der Waals surface area contributed by atoms with Crippen molar-refractivity contribution in [2.45, 2.75) is 25.6 Å². The van der Waals surface area contributed by atoms with E-state index in [1.807, 2.05) is 0 Å². The van der Waals surface area contributed by atoms with Crippen LogP contribution in [0.25, 0.3) is 0 Å². The summed E-state index contributed by atoms with van der Waals surface area (Å²) in [7, 11) is 0. The molecule has 0 aromatic heterocycles. The number of allylic oxidation sites excluding steroid dienone is 1. The summed E-state index contributed by atoms with van der Waals surface area (Å²) in [5.74, 6) is 0. The smallest absolute Gasteiger partial charge is 0.328 e. The van der Waals surface area contributed by atoms with Crippen LogP contribution in [0.2, 0.25) is 0 Å². The first-order chi connectivity index (χ1) is 5.25. The van der Waals surface area contributed by atoms with Crippen LogP contribution in [-0.2, 0) is 0 Å². The first-order valence-corrected chi connectivity index (χ1v) is 3.87. The molecule has 12 heavy (non-hydrogen) atoms. The molecule has 1 atom stereocenters. The van der Waals surface area contributed by atoms with E-state index in [4.69, 9.17) is 28.9 Å². The minimum Gasteiger partial charge on any atom is -0.328 e. The molecule has 0 aliphatic heterocycles. The Morgan fingerprint density at radius 2 is 1.83 bits per heavy atom. The normalized spacial score (nSPS) is 17.2. The molecule has 0 radical (unpaired) electrons. The summed E-state index contributed by atoms with van der Waals surface area (Å²) in [6.45, 7) is 1.54. The Morgan fingerprint density at radius 1 is 1.42 bits per heavy atom. The number of alkyl halides is 3. The molecule has 1 nitrogen and oxygen atoms in total. The second-order valence-corrected chi connectivity index (χ2v) is 3.23. The van der Waals surface area contributed by atoms with Gasteiger partial charge in [0, 0.05) is 11.1 Å². The summed E-state index contributed by atoms with van der Waals surface area (Å²) in [6, 6.07) is -0.436. The van der Waals surface area contributed by atoms with Crippen molar-refractivity contribution in [1.82, 2.24) is 0 Å². The van der Waals surface area contributed by atoms with Gasteiger partial charge in [-0.15, -0.1) is 0 Å². The molecular weight excluding hydrogens is 214 g/mol. The highest BCUT2D eigenvalue weighted by Crippen LogP contribution is 2.34. The molecule has 0 aliphatic carbocycles. The fourth-order valence-corrected chi connectivity index (χ4v) is 0.954. The SMILES string of the molecule is CC(N)C/C(Cl)=C(\Cl)C(F)(F)F. The molecule has 6 heteroatoms. The molecule has 0 fully saturated rings. The maximum atomic E-state index is 11.8. The summed E-state index contributed by atoms with van der Waals surface area (Å²) < 4.78 is 35.5. The zero-order chi connectivity index (χ0) is 9.94. The molecule has 0 heterocycles. The quantitative estimate of drug-likeness (QED) is 0.763. The minimum absolute atomic E-state index is 0.0695. The van der Waals surface area contributed by atoms with E-state index in [0.717, 1.165) is 0 Å². The maximum Gasteiger partial charge on any atom is 0.428 e. The summed E-state index contributed by atoms with van der Waals surface area (Å²) >= 11 is 10.2. The van der Waals surface area contributed by atoms with Gasteiger partial charge >= 0.3 is 6.18 Å². The molecule has 0 saturated heterocycles. The van der Waals surface area contributed by atoms with Crippen LogP contribution >= 0.6 is 23.2 Å². The van der Waals surface area contributed by atoms with Crippen molar-refractivity contribution in [3.8, 4) is 0 Å². The molecule has 0 rings (SSSR count). The van der Waals surface area contributed by atoms with E-state index in [1.54, 1.807) is 6.92 Å². The average Bonchev–Trinajstić information content (AvgIpc) is 1.82. The number of hydrogen-bond acceptors (Lipinski definition) is 1. The van der Waals surface area contributed by atoms with Crippen molar-refractivity contribution >= 4 is 23.2 Å². The van der Waals surface area contributed by atoms with Gasteiger partial charge in [0.05, 0.1) is 0 Å². The van der Waals surface area contributed by atoms with Crippen LogP contribution in [0.3, 0.4) is 0 Å². The second kappa shape index (κ2) is 4.35. The van der Waals surface area contributed by atoms with Crippen LogP contribution in [0.15, 0.2) is 10.1 Å². The summed E-state index contributed by atoms with van der Waals surface area (Å²) in [4.78, 5) is 0. The molecule has 0 aromatic carbocycles. The largest absolute Gasteiger partial charge is 0.428 e. The van der Waals surface area contributed by atoms with Crippen molar-refractivity contribution in [3.05, 3.63) is 10.1 Å². The van der Waals surface area contributed by atoms with E-state index in [1.165, 1.54) is 0 Å². The molecule has 0 saturated carbocycles. The van der Waals surface area contributed by atoms with E-state index >= 15 is 0 Å². The average molecular weight is 222 g/mol. The zero-order valence-corrected chi connectivity index (χ0v) is 7.76. The molecular formula is C6H8Cl2F3N. The summed E-state index contributed by atoms with van der Waals surface area (Å²) in [5.41, 5.74) is 5.23. The highest BCUT2D eigenvalue weighted by molar-refractivity contribution is 6.39. The molecule has 0 amide bonds. The Balaban J connectivity index is 4.47. The number of rotatable bonds is 2. The summed E-state index contributed by atoms with van der Waals surface area (Å²) in [6.07, 6.45) is -4.65. The van der Waals surface area contributed by atoms with Gasteiger partial charge in [0.2, 0.25) is 0 Å². The van der Waals surface area contributed by atoms with Gasteiger partial charge in [0.15, 0.2) is 0 Å². The van der Waals surface area contributed by atoms with Crippen LogP contribution < -0.4 is 5.73 Å². The van der Waals surface area contributed by atoms with Gasteiger partial charge in [0.25, 0.3) is 0 Å². The molecule has 0 spiro atoms. The lowest BCUT2D eigenvalue weighted by molar-refractivity contribution is -0.0850. The number of halogens is 5. The molecule has 0 aromatic rings. The Bertz CT molecular complexity index is 186. The molecule has 0 aliphatic rings. The second-order valence-electron chi connectivity index (χ2n) is 2.40. The highest BCUT2D eigenvalue weighted by atomic mass is 35.5. The van der Waals surface area contributed by atoms with Gasteiger partial charge in [-0.2, -0.15) is 13.2 Å². The Labute approximate surface area is 78.3 Å². The van der Waals surface area contributed by atoms with Crippen molar-refractivity contribution < 1.29 is 13.2 Å². The summed E-state index contributed by atoms with van der Waals surface area (Å²) in [5, 5.41) is -1.74. The van der Waals surface area contributed by atoms with Crippen molar-refractivity contribution in [3.63, 3.8) is 0 Å². The predicted octanol–water partition coefficient (Wildman–Crippen LogP) is 2.98. The maximum absolute atomic E-state index is 11.8. The van der Waals surface area contributed by atoms with E-state index in [-0.39, 0.29) is 6.42 Å². The lowest BCUT2D eigenvalue weighted by Crippen LogP contribution is -2.16. The van der Waals surface area contributed by atoms with Crippen molar-refractivity contribution in [2.75, 3.05) is 0 Å². The zero-order valence-electron chi connectivity index (χ0n) is 6.25. The van der Waals surface area contributed by atoms with Crippen LogP contribution in [0.1, 0.15) is 13.3 Å². The topological polar surface area (TPSA) is 26.0 Å². The predicted molar refractivity (Wildman–Crippen MR) is 43.1 cm³/mol. The lowest BCUT2D eigenvalue weighted by Gasteiger charge is -2.09. The van der Waals surface area contributed by atoms with Gasteiger partial charge in [-0.3, -0.25) is 0 Å².